The van der Waals surface area contributed by atoms with Crippen molar-refractivity contribution in [2.24, 2.45) is 0 Å². The molecule has 0 spiro atoms. The molecule has 0 radical (unpaired) electrons. The first-order valence-electron chi connectivity index (χ1n) is 5.63. The summed E-state index contributed by atoms with van der Waals surface area (Å²) in [6.07, 6.45) is 0. The Hall–Kier alpha value is -1.70. The lowest BCUT2D eigenvalue weighted by molar-refractivity contribution is 0.588. The highest BCUT2D eigenvalue weighted by Crippen LogP contribution is 2.15. The lowest BCUT2D eigenvalue weighted by Gasteiger charge is -2.06. The van der Waals surface area contributed by atoms with Crippen LogP contribution >= 0.6 is 11.3 Å². The monoisotopic (exact) mass is 260 g/mol. The zero-order chi connectivity index (χ0) is 13.0. The van der Waals surface area contributed by atoms with Gasteiger partial charge < -0.3 is 5.32 Å². The number of nitrogens with one attached hydrogen (secondary N) is 1. The van der Waals surface area contributed by atoms with Gasteiger partial charge in [-0.15, -0.1) is 11.3 Å². The van der Waals surface area contributed by atoms with Gasteiger partial charge in [0.05, 0.1) is 11.6 Å². The summed E-state index contributed by atoms with van der Waals surface area (Å²) in [6, 6.07) is 8.56. The van der Waals surface area contributed by atoms with Gasteiger partial charge in [0.15, 0.2) is 0 Å². The lowest BCUT2D eigenvalue weighted by Crippen LogP contribution is -2.13. The van der Waals surface area contributed by atoms with Crippen LogP contribution in [0, 0.1) is 24.1 Å². The topological polar surface area (TPSA) is 35.8 Å². The van der Waals surface area contributed by atoms with Crippen molar-refractivity contribution in [3.8, 4) is 6.07 Å². The van der Waals surface area contributed by atoms with Gasteiger partial charge in [-0.2, -0.15) is 5.26 Å². The van der Waals surface area contributed by atoms with Gasteiger partial charge in [0.2, 0.25) is 0 Å². The van der Waals surface area contributed by atoms with Crippen LogP contribution in [0.15, 0.2) is 29.6 Å². The van der Waals surface area contributed by atoms with Gasteiger partial charge in [-0.25, -0.2) is 4.39 Å². The highest BCUT2D eigenvalue weighted by molar-refractivity contribution is 7.10. The van der Waals surface area contributed by atoms with Crippen LogP contribution in [0.4, 0.5) is 4.39 Å². The molecule has 1 aromatic heterocycles. The average Bonchev–Trinajstić information content (AvgIpc) is 2.77. The van der Waals surface area contributed by atoms with Crippen LogP contribution in [0.1, 0.15) is 21.6 Å². The molecule has 92 valence electrons. The molecule has 2 aromatic rings. The first-order valence-corrected chi connectivity index (χ1v) is 6.51. The number of hydrogen-bond donors (Lipinski definition) is 1. The van der Waals surface area contributed by atoms with Gasteiger partial charge in [0.1, 0.15) is 5.82 Å². The molecule has 4 heteroatoms. The van der Waals surface area contributed by atoms with Crippen LogP contribution in [0.25, 0.3) is 0 Å². The average molecular weight is 260 g/mol. The van der Waals surface area contributed by atoms with Crippen molar-refractivity contribution in [2.75, 3.05) is 0 Å². The second kappa shape index (κ2) is 5.76. The minimum Gasteiger partial charge on any atom is -0.308 e. The molecule has 0 bridgehead atoms. The molecule has 0 atom stereocenters. The molecular weight excluding hydrogens is 247 g/mol. The van der Waals surface area contributed by atoms with E-state index in [2.05, 4.69) is 23.7 Å². The molecule has 0 fully saturated rings. The molecule has 0 saturated heterocycles. The molecule has 1 aromatic carbocycles. The molecule has 0 aliphatic carbocycles. The fourth-order valence-corrected chi connectivity index (χ4v) is 2.53. The molecule has 18 heavy (non-hydrogen) atoms. The first-order chi connectivity index (χ1) is 8.70. The zero-order valence-electron chi connectivity index (χ0n) is 10.0. The standard InChI is InChI=1S/C14H13FN2S/c1-10-4-5-18-14(10)9-17-8-12-3-2-11(7-16)6-13(12)15/h2-6,17H,8-9H2,1H3. The molecule has 0 aliphatic rings. The number of benzene rings is 1. The lowest BCUT2D eigenvalue weighted by atomic mass is 10.1. The van der Waals surface area contributed by atoms with Crippen molar-refractivity contribution in [3.63, 3.8) is 0 Å². The van der Waals surface area contributed by atoms with E-state index < -0.39 is 0 Å². The van der Waals surface area contributed by atoms with E-state index >= 15 is 0 Å². The largest absolute Gasteiger partial charge is 0.308 e. The summed E-state index contributed by atoms with van der Waals surface area (Å²) in [4.78, 5) is 1.27. The highest BCUT2D eigenvalue weighted by Gasteiger charge is 2.04. The molecule has 2 nitrogen and oxygen atoms in total. The second-order valence-corrected chi connectivity index (χ2v) is 5.05. The van der Waals surface area contributed by atoms with E-state index in [4.69, 9.17) is 5.26 Å². The maximum atomic E-state index is 13.6. The number of nitrogens with zero attached hydrogens (tertiary/aromatic N) is 1. The Labute approximate surface area is 110 Å². The van der Waals surface area contributed by atoms with Crippen LogP contribution in [-0.4, -0.2) is 0 Å². The van der Waals surface area contributed by atoms with Crippen molar-refractivity contribution in [2.45, 2.75) is 20.0 Å². The van der Waals surface area contributed by atoms with Gasteiger partial charge in [0, 0.05) is 23.5 Å². The maximum absolute atomic E-state index is 13.6. The number of thiophene rings is 1. The summed E-state index contributed by atoms with van der Waals surface area (Å²) in [5.74, 6) is -0.329. The van der Waals surface area contributed by atoms with Crippen molar-refractivity contribution >= 4 is 11.3 Å². The summed E-state index contributed by atoms with van der Waals surface area (Å²) >= 11 is 1.70. The molecule has 1 N–H and O–H groups in total. The Morgan fingerprint density at radius 3 is 2.78 bits per heavy atom. The van der Waals surface area contributed by atoms with E-state index in [-0.39, 0.29) is 5.82 Å². The quantitative estimate of drug-likeness (QED) is 0.915. The molecule has 0 unspecified atom stereocenters. The number of halogens is 1. The predicted molar refractivity (Wildman–Crippen MR) is 70.7 cm³/mol. The van der Waals surface area contributed by atoms with E-state index in [9.17, 15) is 4.39 Å². The van der Waals surface area contributed by atoms with Crippen molar-refractivity contribution in [3.05, 3.63) is 57.0 Å². The fourth-order valence-electron chi connectivity index (χ4n) is 1.66. The van der Waals surface area contributed by atoms with Crippen LogP contribution in [0.3, 0.4) is 0 Å². The Bertz CT molecular complexity index is 584. The van der Waals surface area contributed by atoms with Crippen LogP contribution < -0.4 is 5.32 Å². The van der Waals surface area contributed by atoms with Crippen LogP contribution in [0.5, 0.6) is 0 Å². The smallest absolute Gasteiger partial charge is 0.129 e. The number of hydrogen-bond acceptors (Lipinski definition) is 3. The summed E-state index contributed by atoms with van der Waals surface area (Å²) in [7, 11) is 0. The van der Waals surface area contributed by atoms with E-state index in [1.165, 1.54) is 16.5 Å². The SMILES string of the molecule is Cc1ccsc1CNCc1ccc(C#N)cc1F. The second-order valence-electron chi connectivity index (χ2n) is 4.05. The molecule has 1 heterocycles. The fraction of sp³-hybridized carbons (Fsp3) is 0.214. The third-order valence-corrected chi connectivity index (χ3v) is 3.77. The molecule has 2 rings (SSSR count). The molecule has 0 aliphatic heterocycles. The number of aryl methyl sites for hydroxylation is 1. The van der Waals surface area contributed by atoms with Gasteiger partial charge in [-0.1, -0.05) is 6.07 Å². The van der Waals surface area contributed by atoms with Crippen LogP contribution in [-0.2, 0) is 13.1 Å². The Morgan fingerprint density at radius 2 is 2.17 bits per heavy atom. The summed E-state index contributed by atoms with van der Waals surface area (Å²) in [5.41, 5.74) is 2.20. The van der Waals surface area contributed by atoms with Gasteiger partial charge >= 0.3 is 0 Å². The third kappa shape index (κ3) is 2.95. The normalized spacial score (nSPS) is 10.3. The Morgan fingerprint density at radius 1 is 1.33 bits per heavy atom. The minimum atomic E-state index is -0.329. The van der Waals surface area contributed by atoms with Crippen molar-refractivity contribution in [1.82, 2.24) is 5.32 Å². The Balaban J connectivity index is 1.95. The van der Waals surface area contributed by atoms with Crippen molar-refractivity contribution < 1.29 is 4.39 Å². The number of rotatable bonds is 4. The van der Waals surface area contributed by atoms with Crippen LogP contribution in [0.2, 0.25) is 0 Å². The molecule has 0 saturated carbocycles. The van der Waals surface area contributed by atoms with E-state index in [0.29, 0.717) is 17.7 Å². The molecular formula is C14H13FN2S. The first kappa shape index (κ1) is 12.7. The van der Waals surface area contributed by atoms with Gasteiger partial charge in [0.25, 0.3) is 0 Å². The van der Waals surface area contributed by atoms with Gasteiger partial charge in [-0.3, -0.25) is 0 Å². The zero-order valence-corrected chi connectivity index (χ0v) is 10.9. The summed E-state index contributed by atoms with van der Waals surface area (Å²) in [5, 5.41) is 13.9. The molecule has 0 amide bonds. The van der Waals surface area contributed by atoms with E-state index in [1.54, 1.807) is 23.5 Å². The van der Waals surface area contributed by atoms with Gasteiger partial charge in [-0.05, 0) is 36.1 Å². The van der Waals surface area contributed by atoms with E-state index in [1.807, 2.05) is 6.07 Å². The highest BCUT2D eigenvalue weighted by atomic mass is 32.1. The summed E-state index contributed by atoms with van der Waals surface area (Å²) in [6.45, 7) is 3.27. The predicted octanol–water partition coefficient (Wildman–Crippen LogP) is 3.36. The number of nitriles is 1. The maximum Gasteiger partial charge on any atom is 0.129 e. The Kier molecular flexibility index (Phi) is 4.08. The summed E-state index contributed by atoms with van der Waals surface area (Å²) < 4.78 is 13.6. The van der Waals surface area contributed by atoms with E-state index in [0.717, 1.165) is 6.54 Å². The van der Waals surface area contributed by atoms with Crippen molar-refractivity contribution in [1.29, 1.82) is 5.26 Å². The minimum absolute atomic E-state index is 0.329. The third-order valence-electron chi connectivity index (χ3n) is 2.75.